The smallest absolute Gasteiger partial charge is 0.224 e. The first-order valence-electron chi connectivity index (χ1n) is 10.1. The van der Waals surface area contributed by atoms with Crippen LogP contribution in [0.3, 0.4) is 0 Å². The zero-order valence-electron chi connectivity index (χ0n) is 16.8. The van der Waals surface area contributed by atoms with Gasteiger partial charge in [0.2, 0.25) is 5.91 Å². The summed E-state index contributed by atoms with van der Waals surface area (Å²) in [6, 6.07) is 17.5. The van der Waals surface area contributed by atoms with E-state index in [4.69, 9.17) is 10.00 Å². The van der Waals surface area contributed by atoms with E-state index in [0.717, 1.165) is 41.0 Å². The summed E-state index contributed by atoms with van der Waals surface area (Å²) in [4.78, 5) is 13.0. The van der Waals surface area contributed by atoms with Gasteiger partial charge in [-0.1, -0.05) is 30.3 Å². The molecule has 6 nitrogen and oxygen atoms in total. The standard InChI is InChI=1S/C24H22N4O2/c1-28-15-18(22(27-28)17-8-6-16(13-25)7-9-17)14-26-23(29)20-12-24(20)10-11-30-21-5-3-2-4-19(21)24/h2-9,15,20H,10-12,14H2,1H3,(H,26,29)/t20-,24-/m0/s1. The van der Waals surface area contributed by atoms with Crippen molar-refractivity contribution in [2.45, 2.75) is 24.8 Å². The van der Waals surface area contributed by atoms with Gasteiger partial charge in [0.05, 0.1) is 23.9 Å². The quantitative estimate of drug-likeness (QED) is 0.731. The van der Waals surface area contributed by atoms with Crippen LogP contribution in [0.4, 0.5) is 0 Å². The Kier molecular flexibility index (Phi) is 4.32. The number of para-hydroxylation sites is 1. The Morgan fingerprint density at radius 1 is 1.30 bits per heavy atom. The monoisotopic (exact) mass is 398 g/mol. The average molecular weight is 398 g/mol. The molecule has 0 saturated heterocycles. The minimum atomic E-state index is -0.0795. The number of aromatic nitrogens is 2. The van der Waals surface area contributed by atoms with Gasteiger partial charge >= 0.3 is 0 Å². The summed E-state index contributed by atoms with van der Waals surface area (Å²) in [6.45, 7) is 1.08. The van der Waals surface area contributed by atoms with Crippen LogP contribution in [0, 0.1) is 17.2 Å². The molecule has 2 aromatic carbocycles. The zero-order chi connectivity index (χ0) is 20.7. The van der Waals surface area contributed by atoms with Crippen molar-refractivity contribution in [2.75, 3.05) is 6.61 Å². The summed E-state index contributed by atoms with van der Waals surface area (Å²) in [6.07, 6.45) is 3.68. The number of hydrogen-bond acceptors (Lipinski definition) is 4. The van der Waals surface area contributed by atoms with Gasteiger partial charge in [0.25, 0.3) is 0 Å². The number of hydrogen-bond donors (Lipinski definition) is 1. The molecule has 1 aliphatic heterocycles. The number of aryl methyl sites for hydroxylation is 1. The highest BCUT2D eigenvalue weighted by Gasteiger charge is 2.60. The van der Waals surface area contributed by atoms with Crippen LogP contribution in [0.1, 0.15) is 29.5 Å². The molecule has 1 aliphatic carbocycles. The molecular weight excluding hydrogens is 376 g/mol. The maximum absolute atomic E-state index is 13.0. The van der Waals surface area contributed by atoms with Crippen molar-refractivity contribution in [3.8, 4) is 23.1 Å². The second-order valence-corrected chi connectivity index (χ2v) is 8.09. The van der Waals surface area contributed by atoms with Crippen molar-refractivity contribution >= 4 is 5.91 Å². The van der Waals surface area contributed by atoms with Crippen molar-refractivity contribution < 1.29 is 9.53 Å². The molecule has 1 spiro atoms. The molecule has 1 saturated carbocycles. The number of fused-ring (bicyclic) bond motifs is 2. The molecule has 1 amide bonds. The third kappa shape index (κ3) is 3.03. The fourth-order valence-corrected chi connectivity index (χ4v) is 4.62. The Hall–Kier alpha value is -3.59. The lowest BCUT2D eigenvalue weighted by Crippen LogP contribution is -2.30. The van der Waals surface area contributed by atoms with Crippen LogP contribution in [0.2, 0.25) is 0 Å². The highest BCUT2D eigenvalue weighted by Crippen LogP contribution is 2.60. The van der Waals surface area contributed by atoms with E-state index in [2.05, 4.69) is 22.6 Å². The first kappa shape index (κ1) is 18.4. The number of carbonyl (C=O) groups excluding carboxylic acids is 1. The molecule has 0 unspecified atom stereocenters. The van der Waals surface area contributed by atoms with E-state index in [1.165, 1.54) is 0 Å². The topological polar surface area (TPSA) is 79.9 Å². The number of nitriles is 1. The van der Waals surface area contributed by atoms with Gasteiger partial charge in [-0.3, -0.25) is 9.48 Å². The minimum absolute atomic E-state index is 0.0161. The van der Waals surface area contributed by atoms with E-state index in [0.29, 0.717) is 18.7 Å². The number of amides is 1. The lowest BCUT2D eigenvalue weighted by molar-refractivity contribution is -0.123. The average Bonchev–Trinajstić information content (AvgIpc) is 3.37. The van der Waals surface area contributed by atoms with Gasteiger partial charge in [0.1, 0.15) is 5.75 Å². The molecule has 150 valence electrons. The van der Waals surface area contributed by atoms with Crippen LogP contribution < -0.4 is 10.1 Å². The Morgan fingerprint density at radius 2 is 2.10 bits per heavy atom. The second kappa shape index (κ2) is 7.03. The first-order chi connectivity index (χ1) is 14.6. The van der Waals surface area contributed by atoms with E-state index in [1.54, 1.807) is 16.8 Å². The molecule has 2 aliphatic rings. The summed E-state index contributed by atoms with van der Waals surface area (Å²) < 4.78 is 7.53. The van der Waals surface area contributed by atoms with Crippen LogP contribution in [-0.2, 0) is 23.8 Å². The summed E-state index contributed by atoms with van der Waals surface area (Å²) in [5.74, 6) is 0.980. The molecule has 30 heavy (non-hydrogen) atoms. The largest absolute Gasteiger partial charge is 0.493 e. The van der Waals surface area contributed by atoms with E-state index in [-0.39, 0.29) is 17.2 Å². The van der Waals surface area contributed by atoms with Crippen LogP contribution in [0.5, 0.6) is 5.75 Å². The number of ether oxygens (including phenoxy) is 1. The Morgan fingerprint density at radius 3 is 2.90 bits per heavy atom. The fourth-order valence-electron chi connectivity index (χ4n) is 4.62. The summed E-state index contributed by atoms with van der Waals surface area (Å²) >= 11 is 0. The van der Waals surface area contributed by atoms with Crippen LogP contribution in [-0.4, -0.2) is 22.3 Å². The van der Waals surface area contributed by atoms with Crippen molar-refractivity contribution in [1.82, 2.24) is 15.1 Å². The Balaban J connectivity index is 1.31. The van der Waals surface area contributed by atoms with Crippen molar-refractivity contribution in [2.24, 2.45) is 13.0 Å². The Bertz CT molecular complexity index is 1160. The van der Waals surface area contributed by atoms with Gasteiger partial charge in [0, 0.05) is 47.8 Å². The highest BCUT2D eigenvalue weighted by molar-refractivity contribution is 5.85. The number of nitrogens with zero attached hydrogens (tertiary/aromatic N) is 3. The predicted molar refractivity (Wildman–Crippen MR) is 112 cm³/mol. The summed E-state index contributed by atoms with van der Waals surface area (Å²) in [5, 5.41) is 16.7. The van der Waals surface area contributed by atoms with E-state index in [1.807, 2.05) is 43.6 Å². The van der Waals surface area contributed by atoms with Gasteiger partial charge < -0.3 is 10.1 Å². The predicted octanol–water partition coefficient (Wildman–Crippen LogP) is 3.32. The molecular formula is C24H22N4O2. The molecule has 5 rings (SSSR count). The lowest BCUT2D eigenvalue weighted by atomic mass is 9.87. The molecule has 1 fully saturated rings. The second-order valence-electron chi connectivity index (χ2n) is 8.09. The summed E-state index contributed by atoms with van der Waals surface area (Å²) in [7, 11) is 1.87. The molecule has 2 atom stereocenters. The van der Waals surface area contributed by atoms with Gasteiger partial charge in [0.15, 0.2) is 0 Å². The van der Waals surface area contributed by atoms with Crippen LogP contribution in [0.25, 0.3) is 11.3 Å². The van der Waals surface area contributed by atoms with Crippen molar-refractivity contribution in [1.29, 1.82) is 5.26 Å². The normalized spacial score (nSPS) is 21.4. The molecule has 2 heterocycles. The molecule has 0 radical (unpaired) electrons. The summed E-state index contributed by atoms with van der Waals surface area (Å²) in [5.41, 5.74) is 4.40. The fraction of sp³-hybridized carbons (Fsp3) is 0.292. The number of carbonyl (C=O) groups is 1. The van der Waals surface area contributed by atoms with Gasteiger partial charge in [-0.25, -0.2) is 0 Å². The molecule has 1 aromatic heterocycles. The van der Waals surface area contributed by atoms with Crippen molar-refractivity contribution in [3.05, 3.63) is 71.4 Å². The number of benzene rings is 2. The Labute approximate surface area is 175 Å². The molecule has 1 N–H and O–H groups in total. The van der Waals surface area contributed by atoms with E-state index >= 15 is 0 Å². The highest BCUT2D eigenvalue weighted by atomic mass is 16.5. The number of nitrogens with one attached hydrogen (secondary N) is 1. The third-order valence-corrected chi connectivity index (χ3v) is 6.27. The minimum Gasteiger partial charge on any atom is -0.493 e. The number of rotatable bonds is 4. The molecule has 0 bridgehead atoms. The maximum atomic E-state index is 13.0. The van der Waals surface area contributed by atoms with Crippen molar-refractivity contribution in [3.63, 3.8) is 0 Å². The van der Waals surface area contributed by atoms with E-state index in [9.17, 15) is 4.79 Å². The van der Waals surface area contributed by atoms with Gasteiger partial charge in [-0.2, -0.15) is 10.4 Å². The van der Waals surface area contributed by atoms with E-state index < -0.39 is 0 Å². The lowest BCUT2D eigenvalue weighted by Gasteiger charge is -2.26. The third-order valence-electron chi connectivity index (χ3n) is 6.27. The first-order valence-corrected chi connectivity index (χ1v) is 10.1. The van der Waals surface area contributed by atoms with Gasteiger partial charge in [-0.15, -0.1) is 0 Å². The van der Waals surface area contributed by atoms with Crippen LogP contribution in [0.15, 0.2) is 54.7 Å². The molecule has 6 heteroatoms. The van der Waals surface area contributed by atoms with Crippen LogP contribution >= 0.6 is 0 Å². The van der Waals surface area contributed by atoms with Gasteiger partial charge in [-0.05, 0) is 31.0 Å². The maximum Gasteiger partial charge on any atom is 0.224 e. The SMILES string of the molecule is Cn1cc(CNC(=O)[C@@H]2C[C@]23CCOc2ccccc23)c(-c2ccc(C#N)cc2)n1. The zero-order valence-corrected chi connectivity index (χ0v) is 16.8. The molecule has 3 aromatic rings.